The molecule has 10 aromatic carbocycles. The van der Waals surface area contributed by atoms with Crippen molar-refractivity contribution in [1.29, 1.82) is 5.26 Å². The van der Waals surface area contributed by atoms with Crippen LogP contribution in [0.2, 0.25) is 0 Å². The highest BCUT2D eigenvalue weighted by Gasteiger charge is 2.20. The first-order valence-electron chi connectivity index (χ1n) is 22.6. The van der Waals surface area contributed by atoms with Crippen LogP contribution >= 0.6 is 0 Å². The van der Waals surface area contributed by atoms with Gasteiger partial charge in [0.05, 0.1) is 40.3 Å². The Labute approximate surface area is 394 Å². The topological polar surface area (TPSA) is 44.5 Å². The second-order valence-electron chi connectivity index (χ2n) is 16.8. The van der Waals surface area contributed by atoms with Crippen molar-refractivity contribution in [3.8, 4) is 28.6 Å². The molecule has 68 heavy (non-hydrogen) atoms. The van der Waals surface area contributed by atoms with Crippen LogP contribution in [0.15, 0.2) is 243 Å². The van der Waals surface area contributed by atoms with Gasteiger partial charge in [-0.15, -0.1) is 0 Å². The SMILES string of the molecule is [C-]#[N+]c1ccc(N(c2ccc(-c3ccc(N(c4ccc(C#N)cc4)c4ccc5c(c4)c4ccccc4n5-c4ccccc4)cc3)cc2)c2ccc3c(c2)c2ccccc2n3-c2ccccc2)cc1. The van der Waals surface area contributed by atoms with E-state index in [0.29, 0.717) is 11.3 Å². The summed E-state index contributed by atoms with van der Waals surface area (Å²) in [5, 5.41) is 14.4. The predicted molar refractivity (Wildman–Crippen MR) is 281 cm³/mol. The van der Waals surface area contributed by atoms with Gasteiger partial charge in [-0.2, -0.15) is 5.26 Å². The highest BCUT2D eigenvalue weighted by molar-refractivity contribution is 6.12. The second kappa shape index (κ2) is 16.7. The summed E-state index contributed by atoms with van der Waals surface area (Å²) in [6, 6.07) is 86.8. The Kier molecular flexibility index (Phi) is 9.83. The normalized spacial score (nSPS) is 11.2. The Bertz CT molecular complexity index is 3630. The molecule has 0 aliphatic heterocycles. The average Bonchev–Trinajstić information content (AvgIpc) is 3.92. The lowest BCUT2D eigenvalue weighted by atomic mass is 10.0. The number of benzene rings is 10. The molecule has 0 aliphatic rings. The number of para-hydroxylation sites is 4. The average molecular weight is 869 g/mol. The fraction of sp³-hybridized carbons (Fsp3) is 0. The molecule has 0 saturated carbocycles. The maximum atomic E-state index is 9.67. The van der Waals surface area contributed by atoms with E-state index in [1.165, 1.54) is 10.8 Å². The summed E-state index contributed by atoms with van der Waals surface area (Å²) < 4.78 is 4.66. The molecular formula is C62H40N6. The zero-order valence-corrected chi connectivity index (χ0v) is 36.8. The number of anilines is 6. The Balaban J connectivity index is 0.917. The van der Waals surface area contributed by atoms with E-state index in [9.17, 15) is 5.26 Å². The highest BCUT2D eigenvalue weighted by atomic mass is 15.1. The molecule has 318 valence electrons. The first kappa shape index (κ1) is 39.9. The Hall–Kier alpha value is -9.62. The minimum atomic E-state index is 0.600. The lowest BCUT2D eigenvalue weighted by Crippen LogP contribution is -2.10. The molecule has 0 N–H and O–H groups in total. The van der Waals surface area contributed by atoms with Gasteiger partial charge in [0.1, 0.15) is 0 Å². The van der Waals surface area contributed by atoms with E-state index in [-0.39, 0.29) is 0 Å². The van der Waals surface area contributed by atoms with E-state index in [2.05, 4.69) is 218 Å². The Morgan fingerprint density at radius 1 is 0.353 bits per heavy atom. The Morgan fingerprint density at radius 3 is 1.12 bits per heavy atom. The molecule has 6 nitrogen and oxygen atoms in total. The van der Waals surface area contributed by atoms with E-state index in [1.54, 1.807) is 0 Å². The number of fused-ring (bicyclic) bond motifs is 6. The third-order valence-corrected chi connectivity index (χ3v) is 12.9. The van der Waals surface area contributed by atoms with Gasteiger partial charge < -0.3 is 18.9 Å². The van der Waals surface area contributed by atoms with Crippen LogP contribution in [0.1, 0.15) is 5.56 Å². The lowest BCUT2D eigenvalue weighted by molar-refractivity contribution is 1.18. The first-order valence-corrected chi connectivity index (χ1v) is 22.6. The molecule has 2 heterocycles. The fourth-order valence-electron chi connectivity index (χ4n) is 9.77. The molecule has 12 aromatic rings. The van der Waals surface area contributed by atoms with Gasteiger partial charge in [0.25, 0.3) is 0 Å². The number of nitriles is 1. The molecule has 0 bridgehead atoms. The van der Waals surface area contributed by atoms with E-state index in [0.717, 1.165) is 89.5 Å². The van der Waals surface area contributed by atoms with Crippen LogP contribution in [0, 0.1) is 17.9 Å². The molecular weight excluding hydrogens is 829 g/mol. The molecule has 0 saturated heterocycles. The molecule has 2 aromatic heterocycles. The summed E-state index contributed by atoms with van der Waals surface area (Å²) in [7, 11) is 0. The third kappa shape index (κ3) is 6.89. The van der Waals surface area contributed by atoms with Crippen molar-refractivity contribution in [2.24, 2.45) is 0 Å². The van der Waals surface area contributed by atoms with Crippen molar-refractivity contribution < 1.29 is 0 Å². The van der Waals surface area contributed by atoms with Gasteiger partial charge in [-0.05, 0) is 145 Å². The summed E-state index contributed by atoms with van der Waals surface area (Å²) in [6.07, 6.45) is 0. The summed E-state index contributed by atoms with van der Waals surface area (Å²) >= 11 is 0. The fourth-order valence-corrected chi connectivity index (χ4v) is 9.77. The van der Waals surface area contributed by atoms with Gasteiger partial charge in [0, 0.05) is 67.0 Å². The third-order valence-electron chi connectivity index (χ3n) is 12.9. The maximum absolute atomic E-state index is 9.67. The largest absolute Gasteiger partial charge is 0.311 e. The molecule has 0 spiro atoms. The summed E-state index contributed by atoms with van der Waals surface area (Å²) in [5.41, 5.74) is 16.2. The zero-order valence-electron chi connectivity index (χ0n) is 36.8. The lowest BCUT2D eigenvalue weighted by Gasteiger charge is -2.26. The van der Waals surface area contributed by atoms with Gasteiger partial charge >= 0.3 is 0 Å². The molecule has 0 radical (unpaired) electrons. The molecule has 0 atom stereocenters. The summed E-state index contributed by atoms with van der Waals surface area (Å²) in [6.45, 7) is 7.61. The van der Waals surface area contributed by atoms with Gasteiger partial charge in [0.15, 0.2) is 5.69 Å². The van der Waals surface area contributed by atoms with Crippen molar-refractivity contribution >= 4 is 83.4 Å². The van der Waals surface area contributed by atoms with Crippen LogP contribution in [0.25, 0.3) is 71.0 Å². The van der Waals surface area contributed by atoms with Crippen molar-refractivity contribution in [2.75, 3.05) is 9.80 Å². The number of hydrogen-bond donors (Lipinski definition) is 0. The molecule has 0 fully saturated rings. The standard InChI is InChI=1S/C62H40N6/c1-64-46-26-34-52(35-27-46)66(54-37-39-62-58(41-54)56-17-9-11-19-60(56)68(62)48-14-6-3-7-15-48)51-32-24-45(25-33-51)44-22-30-50(31-23-44)65(49-28-20-43(42-63)21-29-49)53-36-38-61-57(40-53)55-16-8-10-18-59(55)67(61)47-12-4-2-5-13-47/h2-41H. The summed E-state index contributed by atoms with van der Waals surface area (Å²) in [4.78, 5) is 8.19. The number of hydrogen-bond acceptors (Lipinski definition) is 3. The van der Waals surface area contributed by atoms with E-state index < -0.39 is 0 Å². The first-order chi connectivity index (χ1) is 33.6. The van der Waals surface area contributed by atoms with Crippen LogP contribution in [0.3, 0.4) is 0 Å². The molecule has 6 heteroatoms. The molecule has 0 aliphatic carbocycles. The van der Waals surface area contributed by atoms with Gasteiger partial charge in [0.2, 0.25) is 0 Å². The Morgan fingerprint density at radius 2 is 0.706 bits per heavy atom. The van der Waals surface area contributed by atoms with Gasteiger partial charge in [-0.3, -0.25) is 0 Å². The van der Waals surface area contributed by atoms with E-state index >= 15 is 0 Å². The highest BCUT2D eigenvalue weighted by Crippen LogP contribution is 2.43. The molecule has 12 rings (SSSR count). The minimum absolute atomic E-state index is 0.600. The van der Waals surface area contributed by atoms with E-state index in [4.69, 9.17) is 6.57 Å². The minimum Gasteiger partial charge on any atom is -0.311 e. The van der Waals surface area contributed by atoms with Crippen LogP contribution in [-0.4, -0.2) is 9.13 Å². The number of nitrogens with zero attached hydrogens (tertiary/aromatic N) is 6. The molecule has 0 amide bonds. The van der Waals surface area contributed by atoms with Crippen LogP contribution in [0.5, 0.6) is 0 Å². The van der Waals surface area contributed by atoms with Crippen molar-refractivity contribution in [3.63, 3.8) is 0 Å². The van der Waals surface area contributed by atoms with Crippen LogP contribution in [0.4, 0.5) is 39.8 Å². The second-order valence-corrected chi connectivity index (χ2v) is 16.8. The predicted octanol–water partition coefficient (Wildman–Crippen LogP) is 16.9. The molecule has 0 unspecified atom stereocenters. The van der Waals surface area contributed by atoms with Crippen LogP contribution < -0.4 is 9.80 Å². The summed E-state index contributed by atoms with van der Waals surface area (Å²) in [5.74, 6) is 0. The van der Waals surface area contributed by atoms with Crippen LogP contribution in [-0.2, 0) is 0 Å². The number of aromatic nitrogens is 2. The monoisotopic (exact) mass is 868 g/mol. The van der Waals surface area contributed by atoms with Crippen molar-refractivity contribution in [2.45, 2.75) is 0 Å². The smallest absolute Gasteiger partial charge is 0.187 e. The maximum Gasteiger partial charge on any atom is 0.187 e. The zero-order chi connectivity index (χ0) is 45.6. The van der Waals surface area contributed by atoms with Crippen molar-refractivity contribution in [3.05, 3.63) is 260 Å². The van der Waals surface area contributed by atoms with Gasteiger partial charge in [-0.1, -0.05) is 109 Å². The van der Waals surface area contributed by atoms with Crippen molar-refractivity contribution in [1.82, 2.24) is 9.13 Å². The van der Waals surface area contributed by atoms with E-state index in [1.807, 2.05) is 54.6 Å². The number of rotatable bonds is 9. The quantitative estimate of drug-likeness (QED) is 0.136. The van der Waals surface area contributed by atoms with Gasteiger partial charge in [-0.25, -0.2) is 4.85 Å².